The van der Waals surface area contributed by atoms with E-state index in [0.717, 1.165) is 107 Å². The molecule has 9 aromatic carbocycles. The highest BCUT2D eigenvalue weighted by atomic mass is 32.2. The Labute approximate surface area is 375 Å². The standard InChI is InChI=1S/C50H36O6P2S4/c1-59-39-24-29-14-5-9-20-35(29)43-44-36-21-10-6-15-30(36)25-40(60-2)48(44)54-57(53-47(39)43)51-33-18-13-19-34(28-33)52-58-55-49-41(61-3)26-31-16-7-11-22-37(31)45(49)46-38-23-12-8-17-32(38)27-42(62-4)50(46)56-58/h5-28H,1-4H3. The molecule has 0 atom stereocenters. The highest BCUT2D eigenvalue weighted by Gasteiger charge is 2.22. The molecule has 0 saturated carbocycles. The van der Waals surface area contributed by atoms with E-state index in [4.69, 9.17) is 25.8 Å². The van der Waals surface area contributed by atoms with Gasteiger partial charge < -0.3 is 25.8 Å². The van der Waals surface area contributed by atoms with Gasteiger partial charge in [-0.05, 0) is 105 Å². The molecule has 0 aliphatic heterocycles. The normalized spacial score (nSPS) is 11.8. The smallest absolute Gasteiger partial charge is 0.391 e. The average Bonchev–Trinajstić information content (AvgIpc) is 3.59. The van der Waals surface area contributed by atoms with Crippen molar-refractivity contribution in [1.82, 2.24) is 0 Å². The largest absolute Gasteiger partial charge is 0.453 e. The zero-order valence-corrected chi connectivity index (χ0v) is 38.9. The molecule has 0 radical (unpaired) electrons. The van der Waals surface area contributed by atoms with Crippen molar-refractivity contribution < 1.29 is 25.8 Å². The first-order valence-electron chi connectivity index (χ1n) is 19.7. The van der Waals surface area contributed by atoms with Gasteiger partial charge in [-0.25, -0.2) is 0 Å². The van der Waals surface area contributed by atoms with Crippen LogP contribution < -0.4 is 9.05 Å². The molecule has 0 amide bonds. The molecule has 0 spiro atoms. The molecule has 11 rings (SSSR count). The van der Waals surface area contributed by atoms with Crippen LogP contribution >= 0.6 is 63.5 Å². The third-order valence-electron chi connectivity index (χ3n) is 11.1. The second-order valence-electron chi connectivity index (χ2n) is 14.5. The highest BCUT2D eigenvalue weighted by Crippen LogP contribution is 2.49. The maximum absolute atomic E-state index is 6.93. The quantitative estimate of drug-likeness (QED) is 0.138. The Morgan fingerprint density at radius 1 is 0.339 bits per heavy atom. The second-order valence-corrected chi connectivity index (χ2v) is 19.9. The molecule has 0 N–H and O–H groups in total. The average molecular weight is 923 g/mol. The summed E-state index contributed by atoms with van der Waals surface area (Å²) in [5.74, 6) is 1.04. The van der Waals surface area contributed by atoms with Crippen LogP contribution in [0.4, 0.5) is 0 Å². The highest BCUT2D eigenvalue weighted by molar-refractivity contribution is 7.99. The van der Waals surface area contributed by atoms with Crippen LogP contribution in [0.5, 0.6) is 11.5 Å². The lowest BCUT2D eigenvalue weighted by Gasteiger charge is -2.09. The monoisotopic (exact) mass is 922 g/mol. The summed E-state index contributed by atoms with van der Waals surface area (Å²) in [6.45, 7) is 0. The van der Waals surface area contributed by atoms with E-state index in [9.17, 15) is 0 Å². The van der Waals surface area contributed by atoms with E-state index < -0.39 is 16.5 Å². The summed E-state index contributed by atoms with van der Waals surface area (Å²) in [5, 5.41) is 12.9. The summed E-state index contributed by atoms with van der Waals surface area (Å²) >= 11 is 6.58. The summed E-state index contributed by atoms with van der Waals surface area (Å²) in [6.07, 6.45) is 8.30. The van der Waals surface area contributed by atoms with Crippen molar-refractivity contribution in [3.05, 3.63) is 146 Å². The number of fused-ring (bicyclic) bond motifs is 14. The molecule has 0 aliphatic carbocycles. The molecule has 0 unspecified atom stereocenters. The maximum Gasteiger partial charge on any atom is 0.453 e. The Hall–Kier alpha value is -5.18. The van der Waals surface area contributed by atoms with Crippen molar-refractivity contribution in [2.45, 2.75) is 19.6 Å². The van der Waals surface area contributed by atoms with Crippen LogP contribution in [-0.4, -0.2) is 25.0 Å². The van der Waals surface area contributed by atoms with E-state index in [1.807, 2.05) is 24.3 Å². The number of hydrogen-bond acceptors (Lipinski definition) is 10. The van der Waals surface area contributed by atoms with Crippen LogP contribution in [0.25, 0.3) is 87.0 Å². The van der Waals surface area contributed by atoms with Gasteiger partial charge in [0.25, 0.3) is 0 Å². The first-order valence-corrected chi connectivity index (χ1v) is 26.8. The van der Waals surface area contributed by atoms with Gasteiger partial charge >= 0.3 is 16.5 Å². The molecule has 0 bridgehead atoms. The molecular weight excluding hydrogens is 887 g/mol. The summed E-state index contributed by atoms with van der Waals surface area (Å²) in [4.78, 5) is 4.01. The minimum atomic E-state index is -2.00. The Kier molecular flexibility index (Phi) is 10.6. The lowest BCUT2D eigenvalue weighted by Crippen LogP contribution is -1.84. The van der Waals surface area contributed by atoms with Gasteiger partial charge in [0.05, 0.1) is 19.6 Å². The third-order valence-corrected chi connectivity index (χ3v) is 16.1. The van der Waals surface area contributed by atoms with Gasteiger partial charge in [0, 0.05) is 27.6 Å². The van der Waals surface area contributed by atoms with Gasteiger partial charge in [0.15, 0.2) is 22.3 Å². The fourth-order valence-electron chi connectivity index (χ4n) is 8.34. The van der Waals surface area contributed by atoms with Crippen LogP contribution in [0.15, 0.2) is 182 Å². The molecule has 11 aromatic rings. The minimum Gasteiger partial charge on any atom is -0.391 e. The summed E-state index contributed by atoms with van der Waals surface area (Å²) in [6, 6.07) is 50.1. The first kappa shape index (κ1) is 39.7. The van der Waals surface area contributed by atoms with E-state index in [0.29, 0.717) is 11.5 Å². The molecular formula is C50H36O6P2S4. The van der Waals surface area contributed by atoms with Crippen LogP contribution in [0.1, 0.15) is 0 Å². The number of hydrogen-bond donors (Lipinski definition) is 0. The van der Waals surface area contributed by atoms with E-state index in [-0.39, 0.29) is 0 Å². The molecule has 0 saturated heterocycles. The molecule has 62 heavy (non-hydrogen) atoms. The fourth-order valence-corrected chi connectivity index (χ4v) is 13.0. The molecule has 0 fully saturated rings. The summed E-state index contributed by atoms with van der Waals surface area (Å²) in [5.41, 5.74) is 2.97. The van der Waals surface area contributed by atoms with Crippen molar-refractivity contribution in [2.75, 3.05) is 25.0 Å². The lowest BCUT2D eigenvalue weighted by molar-refractivity contribution is 0.483. The molecule has 6 nitrogen and oxygen atoms in total. The Bertz CT molecular complexity index is 3230. The van der Waals surface area contributed by atoms with Crippen molar-refractivity contribution in [2.24, 2.45) is 0 Å². The first-order chi connectivity index (χ1) is 30.5. The van der Waals surface area contributed by atoms with E-state index >= 15 is 0 Å². The second kappa shape index (κ2) is 16.5. The zero-order chi connectivity index (χ0) is 41.9. The van der Waals surface area contributed by atoms with Crippen LogP contribution in [0.3, 0.4) is 0 Å². The summed E-state index contributed by atoms with van der Waals surface area (Å²) in [7, 11) is -4.00. The Balaban J connectivity index is 1.11. The number of benzene rings is 9. The van der Waals surface area contributed by atoms with Gasteiger partial charge in [0.2, 0.25) is 0 Å². The SMILES string of the molecule is CSc1cc2ccccc2c2c1op(Oc1cccc(Op3oc4c(SC)cc5ccccc5c4c4c(o3)c(SC)cc3ccccc34)c1)oc1c(SC)cc3ccccc3c12. The van der Waals surface area contributed by atoms with Gasteiger partial charge in [0.1, 0.15) is 11.5 Å². The summed E-state index contributed by atoms with van der Waals surface area (Å²) < 4.78 is 41.2. The van der Waals surface area contributed by atoms with Crippen LogP contribution in [0, 0.1) is 0 Å². The molecule has 12 heteroatoms. The van der Waals surface area contributed by atoms with Crippen LogP contribution in [-0.2, 0) is 0 Å². The number of rotatable bonds is 8. The lowest BCUT2D eigenvalue weighted by atomic mass is 9.98. The number of thioether (sulfide) groups is 4. The maximum atomic E-state index is 6.93. The topological polar surface area (TPSA) is 71.0 Å². The van der Waals surface area contributed by atoms with Crippen molar-refractivity contribution in [3.63, 3.8) is 0 Å². The predicted octanol–water partition coefficient (Wildman–Crippen LogP) is 18.1. The van der Waals surface area contributed by atoms with Crippen molar-refractivity contribution in [1.29, 1.82) is 0 Å². The molecule has 306 valence electrons. The van der Waals surface area contributed by atoms with E-state index in [1.54, 1.807) is 47.0 Å². The molecule has 0 aliphatic rings. The van der Waals surface area contributed by atoms with E-state index in [2.05, 4.69) is 146 Å². The van der Waals surface area contributed by atoms with Crippen LogP contribution in [0.2, 0.25) is 0 Å². The predicted molar refractivity (Wildman–Crippen MR) is 268 cm³/mol. The Morgan fingerprint density at radius 2 is 0.613 bits per heavy atom. The fraction of sp³-hybridized carbons (Fsp3) is 0.0800. The van der Waals surface area contributed by atoms with Crippen molar-refractivity contribution >= 4 is 150 Å². The third kappa shape index (κ3) is 6.80. The Morgan fingerprint density at radius 3 is 0.887 bits per heavy atom. The zero-order valence-electron chi connectivity index (χ0n) is 33.8. The minimum absolute atomic E-state index is 0.522. The molecule has 2 heterocycles. The van der Waals surface area contributed by atoms with Gasteiger partial charge in [-0.2, -0.15) is 0 Å². The van der Waals surface area contributed by atoms with Gasteiger partial charge in [-0.1, -0.05) is 103 Å². The van der Waals surface area contributed by atoms with Gasteiger partial charge in [-0.3, -0.25) is 0 Å². The molecule has 2 aromatic heterocycles. The van der Waals surface area contributed by atoms with Gasteiger partial charge in [-0.15, -0.1) is 47.0 Å². The van der Waals surface area contributed by atoms with E-state index in [1.165, 1.54) is 0 Å². The van der Waals surface area contributed by atoms with Crippen molar-refractivity contribution in [3.8, 4) is 11.5 Å².